The van der Waals surface area contributed by atoms with E-state index in [1.165, 1.54) is 24.3 Å². The number of nitrogens with two attached hydrogens (primary N) is 1. The molecule has 1 aliphatic carbocycles. The van der Waals surface area contributed by atoms with Gasteiger partial charge in [-0.05, 0) is 48.3 Å². The van der Waals surface area contributed by atoms with Crippen molar-refractivity contribution in [1.82, 2.24) is 4.31 Å². The number of carbonyl (C=O) groups is 2. The summed E-state index contributed by atoms with van der Waals surface area (Å²) in [5, 5.41) is 0. The van der Waals surface area contributed by atoms with Crippen molar-refractivity contribution in [3.05, 3.63) is 29.8 Å². The zero-order chi connectivity index (χ0) is 20.0. The van der Waals surface area contributed by atoms with Crippen LogP contribution in [0.4, 0.5) is 0 Å². The first-order valence-corrected chi connectivity index (χ1v) is 10.4. The molecule has 2 bridgehead atoms. The number of fused-ring (bicyclic) bond motifs is 2. The van der Waals surface area contributed by atoms with Crippen molar-refractivity contribution in [3.8, 4) is 0 Å². The molecule has 2 aliphatic rings. The number of amides is 1. The topological polar surface area (TPSA) is 107 Å². The monoisotopic (exact) mass is 394 g/mol. The van der Waals surface area contributed by atoms with Crippen LogP contribution >= 0.6 is 0 Å². The van der Waals surface area contributed by atoms with Crippen molar-refractivity contribution in [2.75, 3.05) is 13.2 Å². The molecule has 0 unspecified atom stereocenters. The third-order valence-electron chi connectivity index (χ3n) is 5.39. The van der Waals surface area contributed by atoms with Gasteiger partial charge in [0.2, 0.25) is 10.0 Å². The molecule has 0 radical (unpaired) electrons. The van der Waals surface area contributed by atoms with Crippen molar-refractivity contribution in [2.24, 2.45) is 16.6 Å². The molecule has 7 nitrogen and oxygen atoms in total. The average molecular weight is 394 g/mol. The van der Waals surface area contributed by atoms with Gasteiger partial charge < -0.3 is 10.5 Å². The number of hydrogen-bond acceptors (Lipinski definition) is 5. The van der Waals surface area contributed by atoms with Crippen LogP contribution in [0.25, 0.3) is 0 Å². The number of benzene rings is 1. The van der Waals surface area contributed by atoms with E-state index >= 15 is 0 Å². The Bertz CT molecular complexity index is 880. The fourth-order valence-corrected chi connectivity index (χ4v) is 6.65. The number of ether oxygens (including phenoxy) is 1. The summed E-state index contributed by atoms with van der Waals surface area (Å²) in [4.78, 5) is 22.9. The van der Waals surface area contributed by atoms with Crippen molar-refractivity contribution >= 4 is 21.9 Å². The zero-order valence-electron chi connectivity index (χ0n) is 15.9. The lowest BCUT2D eigenvalue weighted by atomic mass is 9.65. The van der Waals surface area contributed by atoms with Gasteiger partial charge in [0.15, 0.2) is 6.61 Å². The third kappa shape index (κ3) is 4.01. The summed E-state index contributed by atoms with van der Waals surface area (Å²) >= 11 is 0. The normalized spacial score (nSPS) is 27.3. The zero-order valence-corrected chi connectivity index (χ0v) is 16.7. The first kappa shape index (κ1) is 19.8. The molecule has 27 heavy (non-hydrogen) atoms. The highest BCUT2D eigenvalue weighted by atomic mass is 32.2. The second-order valence-electron chi connectivity index (χ2n) is 8.83. The maximum Gasteiger partial charge on any atom is 0.338 e. The van der Waals surface area contributed by atoms with Gasteiger partial charge in [-0.25, -0.2) is 13.2 Å². The second-order valence-corrected chi connectivity index (χ2v) is 10.7. The molecule has 1 amide bonds. The molecule has 1 aromatic rings. The maximum atomic E-state index is 13.3. The van der Waals surface area contributed by atoms with Crippen LogP contribution in [0.5, 0.6) is 0 Å². The van der Waals surface area contributed by atoms with Gasteiger partial charge in [-0.3, -0.25) is 4.79 Å². The number of carbonyl (C=O) groups excluding carboxylic acids is 2. The number of nitrogens with zero attached hydrogens (tertiary/aromatic N) is 1. The predicted octanol–water partition coefficient (Wildman–Crippen LogP) is 1.92. The largest absolute Gasteiger partial charge is 0.452 e. The maximum absolute atomic E-state index is 13.3. The highest BCUT2D eigenvalue weighted by Crippen LogP contribution is 2.53. The molecule has 1 aromatic carbocycles. The quantitative estimate of drug-likeness (QED) is 0.768. The lowest BCUT2D eigenvalue weighted by Gasteiger charge is -2.39. The van der Waals surface area contributed by atoms with Crippen LogP contribution in [0, 0.1) is 10.8 Å². The smallest absolute Gasteiger partial charge is 0.338 e. The first-order valence-electron chi connectivity index (χ1n) is 8.99. The Labute approximate surface area is 159 Å². The highest BCUT2D eigenvalue weighted by molar-refractivity contribution is 7.89. The number of esters is 1. The van der Waals surface area contributed by atoms with E-state index in [4.69, 9.17) is 10.5 Å². The molecular formula is C19H26N2O5S. The van der Waals surface area contributed by atoms with Crippen molar-refractivity contribution in [3.63, 3.8) is 0 Å². The van der Waals surface area contributed by atoms with Gasteiger partial charge in [0, 0.05) is 12.6 Å². The van der Waals surface area contributed by atoms with Gasteiger partial charge in [0.1, 0.15) is 0 Å². The van der Waals surface area contributed by atoms with E-state index in [0.717, 1.165) is 19.3 Å². The minimum atomic E-state index is -3.73. The van der Waals surface area contributed by atoms with Gasteiger partial charge in [-0.1, -0.05) is 26.8 Å². The van der Waals surface area contributed by atoms with Crippen LogP contribution in [-0.2, 0) is 19.6 Å². The Morgan fingerprint density at radius 3 is 2.63 bits per heavy atom. The minimum Gasteiger partial charge on any atom is -0.452 e. The third-order valence-corrected chi connectivity index (χ3v) is 7.28. The van der Waals surface area contributed by atoms with Crippen molar-refractivity contribution < 1.29 is 22.7 Å². The molecule has 1 saturated carbocycles. The molecule has 1 aliphatic heterocycles. The van der Waals surface area contributed by atoms with Gasteiger partial charge in [-0.15, -0.1) is 0 Å². The van der Waals surface area contributed by atoms with Crippen LogP contribution in [-0.4, -0.2) is 43.8 Å². The summed E-state index contributed by atoms with van der Waals surface area (Å²) < 4.78 is 32.9. The van der Waals surface area contributed by atoms with Crippen LogP contribution in [0.1, 0.15) is 50.4 Å². The molecule has 3 rings (SSSR count). The molecular weight excluding hydrogens is 368 g/mol. The van der Waals surface area contributed by atoms with E-state index < -0.39 is 28.5 Å². The summed E-state index contributed by atoms with van der Waals surface area (Å²) in [5.41, 5.74) is 5.11. The fraction of sp³-hybridized carbons (Fsp3) is 0.579. The fourth-order valence-electron chi connectivity index (χ4n) is 4.83. The number of sulfonamides is 1. The van der Waals surface area contributed by atoms with Crippen LogP contribution < -0.4 is 5.73 Å². The summed E-state index contributed by atoms with van der Waals surface area (Å²) in [6.07, 6.45) is 2.67. The Kier molecular flexibility index (Phi) is 4.84. The van der Waals surface area contributed by atoms with E-state index in [1.54, 1.807) is 4.31 Å². The van der Waals surface area contributed by atoms with Crippen LogP contribution in [0.15, 0.2) is 29.2 Å². The minimum absolute atomic E-state index is 0.0302. The van der Waals surface area contributed by atoms with E-state index in [0.29, 0.717) is 6.54 Å². The summed E-state index contributed by atoms with van der Waals surface area (Å²) in [7, 11) is -3.73. The molecule has 148 valence electrons. The summed E-state index contributed by atoms with van der Waals surface area (Å²) in [5.74, 6) is -1.55. The lowest BCUT2D eigenvalue weighted by molar-refractivity contribution is -0.121. The average Bonchev–Trinajstić information content (AvgIpc) is 2.82. The Morgan fingerprint density at radius 2 is 1.96 bits per heavy atom. The Hall–Kier alpha value is -1.93. The standard InChI is InChI=1S/C19H26N2O5S/c1-18(2)8-14-9-19(3,11-18)12-21(14)27(24,25)15-6-4-5-13(7-15)17(23)26-10-16(20)22/h4-7,14H,8-12H2,1-3H3,(H2,20,22)/t14-,19-/m1/s1. The number of hydrogen-bond donors (Lipinski definition) is 1. The molecule has 8 heteroatoms. The molecule has 2 atom stereocenters. The molecule has 2 N–H and O–H groups in total. The van der Waals surface area contributed by atoms with Gasteiger partial charge >= 0.3 is 5.97 Å². The molecule has 0 aromatic heterocycles. The van der Waals surface area contributed by atoms with Crippen molar-refractivity contribution in [1.29, 1.82) is 0 Å². The SMILES string of the molecule is CC1(C)C[C@@H]2C[C@@](C)(CN2S(=O)(=O)c2cccc(C(=O)OCC(N)=O)c2)C1. The van der Waals surface area contributed by atoms with E-state index in [9.17, 15) is 18.0 Å². The molecule has 1 heterocycles. The molecule has 0 spiro atoms. The van der Waals surface area contributed by atoms with Gasteiger partial charge in [0.05, 0.1) is 10.5 Å². The van der Waals surface area contributed by atoms with Crippen LogP contribution in [0.2, 0.25) is 0 Å². The van der Waals surface area contributed by atoms with E-state index in [2.05, 4.69) is 20.8 Å². The lowest BCUT2D eigenvalue weighted by Crippen LogP contribution is -2.37. The second kappa shape index (κ2) is 6.60. The highest BCUT2D eigenvalue weighted by Gasteiger charge is 2.53. The number of primary amides is 1. The predicted molar refractivity (Wildman–Crippen MR) is 99.3 cm³/mol. The summed E-state index contributed by atoms with van der Waals surface area (Å²) in [6, 6.07) is 5.70. The van der Waals surface area contributed by atoms with Gasteiger partial charge in [-0.2, -0.15) is 4.31 Å². The van der Waals surface area contributed by atoms with E-state index in [-0.39, 0.29) is 27.3 Å². The first-order chi connectivity index (χ1) is 12.4. The van der Waals surface area contributed by atoms with Crippen LogP contribution in [0.3, 0.4) is 0 Å². The Balaban J connectivity index is 1.87. The van der Waals surface area contributed by atoms with E-state index in [1.807, 2.05) is 0 Å². The van der Waals surface area contributed by atoms with Gasteiger partial charge in [0.25, 0.3) is 5.91 Å². The number of rotatable bonds is 5. The van der Waals surface area contributed by atoms with Crippen molar-refractivity contribution in [2.45, 2.75) is 51.0 Å². The molecule has 1 saturated heterocycles. The summed E-state index contributed by atoms with van der Waals surface area (Å²) in [6.45, 7) is 6.46. The Morgan fingerprint density at radius 1 is 1.26 bits per heavy atom. The molecule has 2 fully saturated rings.